The van der Waals surface area contributed by atoms with E-state index in [9.17, 15) is 0 Å². The molecule has 4 nitrogen and oxygen atoms in total. The molecule has 2 rings (SSSR count). The first-order valence-electron chi connectivity index (χ1n) is 6.24. The molecular formula is C12H24N2O2. The molecule has 16 heavy (non-hydrogen) atoms. The van der Waals surface area contributed by atoms with E-state index < -0.39 is 0 Å². The zero-order valence-corrected chi connectivity index (χ0v) is 10.7. The van der Waals surface area contributed by atoms with E-state index in [-0.39, 0.29) is 11.3 Å². The molecule has 0 amide bonds. The van der Waals surface area contributed by atoms with Gasteiger partial charge in [-0.1, -0.05) is 0 Å². The van der Waals surface area contributed by atoms with Gasteiger partial charge in [-0.25, -0.2) is 0 Å². The maximum Gasteiger partial charge on any atom is 0.121 e. The lowest BCUT2D eigenvalue weighted by atomic mass is 10.0. The molecule has 0 radical (unpaired) electrons. The molecule has 0 saturated carbocycles. The Morgan fingerprint density at radius 2 is 2.00 bits per heavy atom. The summed E-state index contributed by atoms with van der Waals surface area (Å²) in [5.41, 5.74) is -0.0600. The van der Waals surface area contributed by atoms with E-state index in [1.165, 1.54) is 0 Å². The van der Waals surface area contributed by atoms with Gasteiger partial charge < -0.3 is 9.47 Å². The molecule has 0 unspecified atom stereocenters. The Labute approximate surface area is 98.3 Å². The normalized spacial score (nSPS) is 26.4. The molecule has 4 heteroatoms. The minimum Gasteiger partial charge on any atom is -0.360 e. The molecule has 0 aliphatic carbocycles. The van der Waals surface area contributed by atoms with Gasteiger partial charge in [-0.2, -0.15) is 0 Å². The first-order valence-corrected chi connectivity index (χ1v) is 6.24. The highest BCUT2D eigenvalue weighted by atomic mass is 16.5. The topological polar surface area (TPSA) is 33.7 Å². The summed E-state index contributed by atoms with van der Waals surface area (Å²) < 4.78 is 11.6. The van der Waals surface area contributed by atoms with Gasteiger partial charge in [0.25, 0.3) is 0 Å². The van der Waals surface area contributed by atoms with Crippen LogP contribution in [0.4, 0.5) is 0 Å². The number of nitrogens with one attached hydrogen (secondary N) is 1. The maximum atomic E-state index is 5.80. The second-order valence-electron chi connectivity index (χ2n) is 5.77. The molecule has 2 heterocycles. The van der Waals surface area contributed by atoms with Gasteiger partial charge in [-0.3, -0.25) is 10.2 Å². The van der Waals surface area contributed by atoms with Crippen LogP contribution in [-0.2, 0) is 9.47 Å². The molecule has 1 spiro atoms. The number of likely N-dealkylation sites (tertiary alicyclic amines) is 1. The summed E-state index contributed by atoms with van der Waals surface area (Å²) in [6.45, 7) is 11.0. The Morgan fingerprint density at radius 1 is 1.31 bits per heavy atom. The van der Waals surface area contributed by atoms with Crippen molar-refractivity contribution < 1.29 is 9.47 Å². The summed E-state index contributed by atoms with van der Waals surface area (Å²) >= 11 is 0. The van der Waals surface area contributed by atoms with Crippen molar-refractivity contribution in [3.05, 3.63) is 0 Å². The van der Waals surface area contributed by atoms with Crippen LogP contribution in [0.15, 0.2) is 0 Å². The van der Waals surface area contributed by atoms with E-state index in [0.29, 0.717) is 0 Å². The van der Waals surface area contributed by atoms with Gasteiger partial charge in [-0.05, 0) is 20.8 Å². The Balaban J connectivity index is 1.73. The summed E-state index contributed by atoms with van der Waals surface area (Å²) in [6.07, 6.45) is 2.14. The predicted molar refractivity (Wildman–Crippen MR) is 63.2 cm³/mol. The quantitative estimate of drug-likeness (QED) is 0.769. The van der Waals surface area contributed by atoms with E-state index in [0.717, 1.165) is 45.8 Å². The number of piperidine rings is 1. The van der Waals surface area contributed by atoms with Gasteiger partial charge in [-0.15, -0.1) is 0 Å². The number of hydrogen-bond acceptors (Lipinski definition) is 4. The van der Waals surface area contributed by atoms with Crippen molar-refractivity contribution in [2.45, 2.75) is 44.9 Å². The molecule has 0 aromatic rings. The van der Waals surface area contributed by atoms with E-state index in [1.807, 2.05) is 0 Å². The fraction of sp³-hybridized carbons (Fsp3) is 1.00. The summed E-state index contributed by atoms with van der Waals surface area (Å²) in [5, 5.41) is 3.48. The lowest BCUT2D eigenvalue weighted by Crippen LogP contribution is -2.51. The molecular weight excluding hydrogens is 204 g/mol. The van der Waals surface area contributed by atoms with Crippen LogP contribution in [0.5, 0.6) is 0 Å². The minimum atomic E-state index is -0.0444. The molecule has 0 atom stereocenters. The molecule has 0 aromatic heterocycles. The van der Waals surface area contributed by atoms with Gasteiger partial charge in [0.1, 0.15) is 5.72 Å². The highest BCUT2D eigenvalue weighted by Crippen LogP contribution is 2.26. The van der Waals surface area contributed by atoms with Crippen molar-refractivity contribution in [1.29, 1.82) is 0 Å². The molecule has 2 aliphatic heterocycles. The van der Waals surface area contributed by atoms with Crippen LogP contribution in [0.2, 0.25) is 0 Å². The van der Waals surface area contributed by atoms with Crippen LogP contribution >= 0.6 is 0 Å². The van der Waals surface area contributed by atoms with Gasteiger partial charge in [0, 0.05) is 32.5 Å². The van der Waals surface area contributed by atoms with Crippen LogP contribution in [0, 0.1) is 0 Å². The SMILES string of the molecule is CC(C)(C)OCN1CCC2(CC1)NCCO2. The van der Waals surface area contributed by atoms with Gasteiger partial charge in [0.2, 0.25) is 0 Å². The predicted octanol–water partition coefficient (Wildman–Crippen LogP) is 1.17. The fourth-order valence-electron chi connectivity index (χ4n) is 2.23. The van der Waals surface area contributed by atoms with Crippen molar-refractivity contribution >= 4 is 0 Å². The fourth-order valence-corrected chi connectivity index (χ4v) is 2.23. The first kappa shape index (κ1) is 12.3. The largest absolute Gasteiger partial charge is 0.360 e. The third-order valence-corrected chi connectivity index (χ3v) is 3.27. The van der Waals surface area contributed by atoms with E-state index in [2.05, 4.69) is 31.0 Å². The van der Waals surface area contributed by atoms with E-state index >= 15 is 0 Å². The monoisotopic (exact) mass is 228 g/mol. The molecule has 2 saturated heterocycles. The van der Waals surface area contributed by atoms with Crippen molar-refractivity contribution in [1.82, 2.24) is 10.2 Å². The zero-order valence-electron chi connectivity index (χ0n) is 10.7. The Hall–Kier alpha value is -0.160. The molecule has 0 aromatic carbocycles. The van der Waals surface area contributed by atoms with Crippen LogP contribution < -0.4 is 5.32 Å². The van der Waals surface area contributed by atoms with Gasteiger partial charge in [0.15, 0.2) is 0 Å². The lowest BCUT2D eigenvalue weighted by Gasteiger charge is -2.39. The van der Waals surface area contributed by atoms with Gasteiger partial charge >= 0.3 is 0 Å². The molecule has 2 aliphatic rings. The van der Waals surface area contributed by atoms with Crippen molar-refractivity contribution in [3.8, 4) is 0 Å². The summed E-state index contributed by atoms with van der Waals surface area (Å²) in [5.74, 6) is 0. The second kappa shape index (κ2) is 4.61. The van der Waals surface area contributed by atoms with Crippen LogP contribution in [-0.4, -0.2) is 49.2 Å². The van der Waals surface area contributed by atoms with Crippen LogP contribution in [0.1, 0.15) is 33.6 Å². The number of ether oxygens (including phenoxy) is 2. The average Bonchev–Trinajstić information content (AvgIpc) is 2.65. The number of nitrogens with zero attached hydrogens (tertiary/aromatic N) is 1. The number of rotatable bonds is 2. The van der Waals surface area contributed by atoms with Crippen molar-refractivity contribution in [2.75, 3.05) is 33.0 Å². The Bertz CT molecular complexity index is 222. The highest BCUT2D eigenvalue weighted by molar-refractivity contribution is 4.88. The second-order valence-corrected chi connectivity index (χ2v) is 5.77. The smallest absolute Gasteiger partial charge is 0.121 e. The van der Waals surface area contributed by atoms with E-state index in [4.69, 9.17) is 9.47 Å². The maximum absolute atomic E-state index is 5.80. The van der Waals surface area contributed by atoms with Gasteiger partial charge in [0.05, 0.1) is 18.9 Å². The van der Waals surface area contributed by atoms with Crippen molar-refractivity contribution in [3.63, 3.8) is 0 Å². The first-order chi connectivity index (χ1) is 7.49. The Morgan fingerprint density at radius 3 is 2.50 bits per heavy atom. The summed E-state index contributed by atoms with van der Waals surface area (Å²) in [7, 11) is 0. The standard InChI is InChI=1S/C12H24N2O2/c1-11(2,3)16-10-14-7-4-12(5-8-14)13-6-9-15-12/h13H,4-10H2,1-3H3. The third-order valence-electron chi connectivity index (χ3n) is 3.27. The Kier molecular flexibility index (Phi) is 3.54. The van der Waals surface area contributed by atoms with Crippen LogP contribution in [0.25, 0.3) is 0 Å². The average molecular weight is 228 g/mol. The molecule has 2 fully saturated rings. The van der Waals surface area contributed by atoms with E-state index in [1.54, 1.807) is 0 Å². The minimum absolute atomic E-state index is 0.0156. The molecule has 1 N–H and O–H groups in total. The van der Waals surface area contributed by atoms with Crippen molar-refractivity contribution in [2.24, 2.45) is 0 Å². The van der Waals surface area contributed by atoms with Crippen LogP contribution in [0.3, 0.4) is 0 Å². The zero-order chi connectivity index (χ0) is 11.6. The highest BCUT2D eigenvalue weighted by Gasteiger charge is 2.38. The lowest BCUT2D eigenvalue weighted by molar-refractivity contribution is -0.105. The summed E-state index contributed by atoms with van der Waals surface area (Å²) in [4.78, 5) is 2.36. The molecule has 94 valence electrons. The summed E-state index contributed by atoms with van der Waals surface area (Å²) in [6, 6.07) is 0. The third kappa shape index (κ3) is 3.17. The number of hydrogen-bond donors (Lipinski definition) is 1. The molecule has 0 bridgehead atoms.